The maximum Gasteiger partial charge on any atom is 0.251 e. The number of rotatable bonds is 7. The van der Waals surface area contributed by atoms with Gasteiger partial charge < -0.3 is 15.2 Å². The molecule has 128 valence electrons. The zero-order valence-electron chi connectivity index (χ0n) is 14.4. The van der Waals surface area contributed by atoms with Gasteiger partial charge in [0, 0.05) is 30.1 Å². The summed E-state index contributed by atoms with van der Waals surface area (Å²) in [6.45, 7) is 6.45. The van der Waals surface area contributed by atoms with Crippen LogP contribution in [0.4, 0.5) is 0 Å². The zero-order valence-corrected chi connectivity index (χ0v) is 14.4. The Balaban J connectivity index is 2.03. The highest BCUT2D eigenvalue weighted by molar-refractivity contribution is 5.94. The SMILES string of the molecule is Cc1cc(C(=O)NCCC(C)O)cc(C)c1OCc1cccnc1. The molecule has 2 rings (SSSR count). The second-order valence-corrected chi connectivity index (χ2v) is 5.98. The second-order valence-electron chi connectivity index (χ2n) is 5.98. The maximum atomic E-state index is 12.2. The fourth-order valence-corrected chi connectivity index (χ4v) is 2.44. The van der Waals surface area contributed by atoms with Crippen LogP contribution in [0.25, 0.3) is 0 Å². The molecule has 0 spiro atoms. The lowest BCUT2D eigenvalue weighted by Gasteiger charge is -2.14. The lowest BCUT2D eigenvalue weighted by Crippen LogP contribution is -2.26. The van der Waals surface area contributed by atoms with Crippen LogP contribution in [0.1, 0.15) is 40.4 Å². The number of ether oxygens (including phenoxy) is 1. The van der Waals surface area contributed by atoms with Gasteiger partial charge in [-0.1, -0.05) is 6.07 Å². The molecule has 0 aliphatic carbocycles. The number of nitrogens with one attached hydrogen (secondary N) is 1. The summed E-state index contributed by atoms with van der Waals surface area (Å²) in [6, 6.07) is 7.48. The highest BCUT2D eigenvalue weighted by Crippen LogP contribution is 2.25. The number of aliphatic hydroxyl groups excluding tert-OH is 1. The van der Waals surface area contributed by atoms with Crippen LogP contribution in [-0.4, -0.2) is 28.6 Å². The van der Waals surface area contributed by atoms with E-state index in [-0.39, 0.29) is 5.91 Å². The summed E-state index contributed by atoms with van der Waals surface area (Å²) in [6.07, 6.45) is 3.62. The Morgan fingerprint density at radius 2 is 2.04 bits per heavy atom. The number of nitrogens with zero attached hydrogens (tertiary/aromatic N) is 1. The number of carbonyl (C=O) groups is 1. The summed E-state index contributed by atoms with van der Waals surface area (Å²) in [5.74, 6) is 0.653. The molecule has 0 fully saturated rings. The Morgan fingerprint density at radius 3 is 2.62 bits per heavy atom. The van der Waals surface area contributed by atoms with Gasteiger partial charge in [-0.3, -0.25) is 9.78 Å². The van der Waals surface area contributed by atoms with Crippen molar-refractivity contribution in [1.82, 2.24) is 10.3 Å². The van der Waals surface area contributed by atoms with Gasteiger partial charge in [-0.15, -0.1) is 0 Å². The van der Waals surface area contributed by atoms with Crippen molar-refractivity contribution in [3.63, 3.8) is 0 Å². The third kappa shape index (κ3) is 5.06. The first-order valence-corrected chi connectivity index (χ1v) is 8.06. The molecule has 5 nitrogen and oxygen atoms in total. The Kier molecular flexibility index (Phi) is 6.32. The van der Waals surface area contributed by atoms with E-state index in [2.05, 4.69) is 10.3 Å². The fraction of sp³-hybridized carbons (Fsp3) is 0.368. The van der Waals surface area contributed by atoms with E-state index < -0.39 is 6.10 Å². The molecule has 0 radical (unpaired) electrons. The number of pyridine rings is 1. The molecule has 24 heavy (non-hydrogen) atoms. The van der Waals surface area contributed by atoms with E-state index in [1.54, 1.807) is 19.3 Å². The fourth-order valence-electron chi connectivity index (χ4n) is 2.44. The van der Waals surface area contributed by atoms with Gasteiger partial charge in [0.1, 0.15) is 12.4 Å². The molecule has 1 amide bonds. The van der Waals surface area contributed by atoms with Crippen LogP contribution < -0.4 is 10.1 Å². The smallest absolute Gasteiger partial charge is 0.251 e. The first kappa shape index (κ1) is 17.9. The van der Waals surface area contributed by atoms with Gasteiger partial charge in [0.15, 0.2) is 0 Å². The summed E-state index contributed by atoms with van der Waals surface area (Å²) < 4.78 is 5.90. The number of hydrogen-bond acceptors (Lipinski definition) is 4. The highest BCUT2D eigenvalue weighted by atomic mass is 16.5. The Bertz CT molecular complexity index is 661. The van der Waals surface area contributed by atoms with E-state index in [4.69, 9.17) is 4.74 Å². The van der Waals surface area contributed by atoms with E-state index in [1.807, 2.05) is 38.1 Å². The topological polar surface area (TPSA) is 71.5 Å². The molecule has 1 aromatic heterocycles. The molecule has 2 aromatic rings. The van der Waals surface area contributed by atoms with E-state index in [9.17, 15) is 9.90 Å². The van der Waals surface area contributed by atoms with Crippen LogP contribution in [0.5, 0.6) is 5.75 Å². The molecular formula is C19H24N2O3. The number of carbonyl (C=O) groups excluding carboxylic acids is 1. The van der Waals surface area contributed by atoms with Gasteiger partial charge in [0.25, 0.3) is 5.91 Å². The largest absolute Gasteiger partial charge is 0.488 e. The minimum absolute atomic E-state index is 0.138. The Hall–Kier alpha value is -2.40. The summed E-state index contributed by atoms with van der Waals surface area (Å²) in [7, 11) is 0. The predicted octanol–water partition coefficient (Wildman–Crippen LogP) is 2.78. The number of aryl methyl sites for hydroxylation is 2. The van der Waals surface area contributed by atoms with Gasteiger partial charge in [-0.25, -0.2) is 0 Å². The molecule has 1 unspecified atom stereocenters. The van der Waals surface area contributed by atoms with Crippen molar-refractivity contribution in [3.8, 4) is 5.75 Å². The van der Waals surface area contributed by atoms with Gasteiger partial charge in [0.05, 0.1) is 6.10 Å². The number of benzene rings is 1. The Labute approximate surface area is 142 Å². The van der Waals surface area contributed by atoms with E-state index in [0.29, 0.717) is 25.1 Å². The molecule has 2 N–H and O–H groups in total. The molecule has 0 bridgehead atoms. The summed E-state index contributed by atoms with van der Waals surface area (Å²) in [5, 5.41) is 12.1. The lowest BCUT2D eigenvalue weighted by atomic mass is 10.0. The van der Waals surface area contributed by atoms with Crippen LogP contribution >= 0.6 is 0 Å². The Morgan fingerprint density at radius 1 is 1.33 bits per heavy atom. The molecule has 1 aromatic carbocycles. The van der Waals surface area contributed by atoms with Crippen molar-refractivity contribution >= 4 is 5.91 Å². The van der Waals surface area contributed by atoms with Gasteiger partial charge in [0.2, 0.25) is 0 Å². The van der Waals surface area contributed by atoms with E-state index >= 15 is 0 Å². The minimum Gasteiger partial charge on any atom is -0.488 e. The van der Waals surface area contributed by atoms with Gasteiger partial charge >= 0.3 is 0 Å². The van der Waals surface area contributed by atoms with Crippen LogP contribution in [0.15, 0.2) is 36.7 Å². The number of aliphatic hydroxyl groups is 1. The van der Waals surface area contributed by atoms with Crippen LogP contribution in [0, 0.1) is 13.8 Å². The van der Waals surface area contributed by atoms with Crippen molar-refractivity contribution in [2.24, 2.45) is 0 Å². The third-order valence-corrected chi connectivity index (χ3v) is 3.68. The van der Waals surface area contributed by atoms with E-state index in [0.717, 1.165) is 22.4 Å². The normalized spacial score (nSPS) is 11.8. The van der Waals surface area contributed by atoms with Crippen molar-refractivity contribution in [1.29, 1.82) is 0 Å². The predicted molar refractivity (Wildman–Crippen MR) is 93.1 cm³/mol. The molecule has 0 saturated heterocycles. The third-order valence-electron chi connectivity index (χ3n) is 3.68. The van der Waals surface area contributed by atoms with Crippen LogP contribution in [0.2, 0.25) is 0 Å². The highest BCUT2D eigenvalue weighted by Gasteiger charge is 2.12. The molecule has 5 heteroatoms. The summed E-state index contributed by atoms with van der Waals surface area (Å²) in [5.41, 5.74) is 3.43. The lowest BCUT2D eigenvalue weighted by molar-refractivity contribution is 0.0945. The van der Waals surface area contributed by atoms with Crippen molar-refractivity contribution < 1.29 is 14.6 Å². The molecule has 0 saturated carbocycles. The molecule has 1 atom stereocenters. The quantitative estimate of drug-likeness (QED) is 0.820. The van der Waals surface area contributed by atoms with Crippen molar-refractivity contribution in [3.05, 3.63) is 58.9 Å². The maximum absolute atomic E-state index is 12.2. The zero-order chi connectivity index (χ0) is 17.5. The van der Waals surface area contributed by atoms with Crippen LogP contribution in [-0.2, 0) is 6.61 Å². The van der Waals surface area contributed by atoms with Crippen LogP contribution in [0.3, 0.4) is 0 Å². The van der Waals surface area contributed by atoms with Crippen molar-refractivity contribution in [2.75, 3.05) is 6.54 Å². The summed E-state index contributed by atoms with van der Waals surface area (Å²) in [4.78, 5) is 16.2. The van der Waals surface area contributed by atoms with Crippen molar-refractivity contribution in [2.45, 2.75) is 39.9 Å². The first-order chi connectivity index (χ1) is 11.5. The molecule has 0 aliphatic heterocycles. The monoisotopic (exact) mass is 328 g/mol. The standard InChI is InChI=1S/C19H24N2O3/c1-13-9-17(19(23)21-8-6-15(3)22)10-14(2)18(13)24-12-16-5-4-7-20-11-16/h4-5,7,9-11,15,22H,6,8,12H2,1-3H3,(H,21,23). The summed E-state index contributed by atoms with van der Waals surface area (Å²) >= 11 is 0. The van der Waals surface area contributed by atoms with E-state index in [1.165, 1.54) is 0 Å². The number of hydrogen-bond donors (Lipinski definition) is 2. The minimum atomic E-state index is -0.419. The van der Waals surface area contributed by atoms with Gasteiger partial charge in [-0.2, -0.15) is 0 Å². The second kappa shape index (κ2) is 8.45. The number of amides is 1. The average Bonchev–Trinajstić information content (AvgIpc) is 2.54. The molecule has 0 aliphatic rings. The van der Waals surface area contributed by atoms with Gasteiger partial charge in [-0.05, 0) is 56.5 Å². The molecule has 1 heterocycles. The molecular weight excluding hydrogens is 304 g/mol. The first-order valence-electron chi connectivity index (χ1n) is 8.06. The number of aromatic nitrogens is 1. The average molecular weight is 328 g/mol.